The molecule has 0 saturated carbocycles. The number of amides is 1. The Morgan fingerprint density at radius 1 is 1.48 bits per heavy atom. The van der Waals surface area contributed by atoms with Crippen molar-refractivity contribution in [3.8, 4) is 0 Å². The van der Waals surface area contributed by atoms with Crippen LogP contribution in [0.5, 0.6) is 0 Å². The highest BCUT2D eigenvalue weighted by Gasteiger charge is 2.22. The summed E-state index contributed by atoms with van der Waals surface area (Å²) < 4.78 is 5.13. The molecule has 2 rings (SSSR count). The Balaban J connectivity index is 2.11. The van der Waals surface area contributed by atoms with Gasteiger partial charge in [-0.2, -0.15) is 0 Å². The summed E-state index contributed by atoms with van der Waals surface area (Å²) in [7, 11) is 1.65. The van der Waals surface area contributed by atoms with Gasteiger partial charge in [-0.3, -0.25) is 4.79 Å². The quantitative estimate of drug-likeness (QED) is 0.877. The molecule has 1 aromatic rings. The molecule has 1 aliphatic rings. The van der Waals surface area contributed by atoms with Gasteiger partial charge in [-0.05, 0) is 50.1 Å². The lowest BCUT2D eigenvalue weighted by molar-refractivity contribution is 0.0679. The Labute approximate surface area is 131 Å². The van der Waals surface area contributed by atoms with Gasteiger partial charge in [-0.1, -0.05) is 11.6 Å². The zero-order valence-corrected chi connectivity index (χ0v) is 13.4. The summed E-state index contributed by atoms with van der Waals surface area (Å²) in [5.41, 5.74) is 1.64. The van der Waals surface area contributed by atoms with Crippen LogP contribution < -0.4 is 5.32 Å². The molecule has 1 aliphatic heterocycles. The second kappa shape index (κ2) is 7.78. The Morgan fingerprint density at radius 3 is 2.90 bits per heavy atom. The van der Waals surface area contributed by atoms with Crippen LogP contribution in [0.15, 0.2) is 18.2 Å². The van der Waals surface area contributed by atoms with Crippen molar-refractivity contribution in [2.24, 2.45) is 0 Å². The van der Waals surface area contributed by atoms with E-state index in [0.29, 0.717) is 36.3 Å². The summed E-state index contributed by atoms with van der Waals surface area (Å²) in [6.07, 6.45) is 2.29. The number of hydrogen-bond donors (Lipinski definition) is 1. The second-order valence-corrected chi connectivity index (χ2v) is 5.99. The molecule has 0 aliphatic carbocycles. The predicted octanol–water partition coefficient (Wildman–Crippen LogP) is 2.49. The Morgan fingerprint density at radius 2 is 2.29 bits per heavy atom. The summed E-state index contributed by atoms with van der Waals surface area (Å²) >= 11 is 6.07. The van der Waals surface area contributed by atoms with E-state index in [0.717, 1.165) is 18.5 Å². The van der Waals surface area contributed by atoms with Crippen molar-refractivity contribution in [1.29, 1.82) is 0 Å². The number of ether oxygens (including phenoxy) is 1. The van der Waals surface area contributed by atoms with Crippen molar-refractivity contribution >= 4 is 17.5 Å². The molecule has 0 aromatic heterocycles. The molecule has 1 heterocycles. The van der Waals surface area contributed by atoms with E-state index in [9.17, 15) is 4.79 Å². The van der Waals surface area contributed by atoms with Crippen LogP contribution in [-0.4, -0.2) is 50.2 Å². The normalized spacial score (nSPS) is 18.0. The van der Waals surface area contributed by atoms with E-state index in [2.05, 4.69) is 5.32 Å². The first-order valence-electron chi connectivity index (χ1n) is 7.39. The Bertz CT molecular complexity index is 467. The summed E-state index contributed by atoms with van der Waals surface area (Å²) in [5.74, 6) is 0.0198. The molecule has 4 nitrogen and oxygen atoms in total. The summed E-state index contributed by atoms with van der Waals surface area (Å²) in [6, 6.07) is 5.86. The molecule has 116 valence electrons. The first-order valence-corrected chi connectivity index (χ1v) is 7.76. The molecule has 1 amide bonds. The van der Waals surface area contributed by atoms with Crippen LogP contribution in [0.2, 0.25) is 5.02 Å². The molecule has 0 bridgehead atoms. The van der Waals surface area contributed by atoms with Gasteiger partial charge in [0.2, 0.25) is 0 Å². The Kier molecular flexibility index (Phi) is 6.03. The van der Waals surface area contributed by atoms with E-state index in [1.807, 2.05) is 24.0 Å². The predicted molar refractivity (Wildman–Crippen MR) is 85.0 cm³/mol. The summed E-state index contributed by atoms with van der Waals surface area (Å²) in [5, 5.41) is 4.03. The van der Waals surface area contributed by atoms with E-state index in [1.54, 1.807) is 13.2 Å². The molecular formula is C16H23ClN2O2. The largest absolute Gasteiger partial charge is 0.383 e. The minimum absolute atomic E-state index is 0.0198. The van der Waals surface area contributed by atoms with Gasteiger partial charge in [-0.15, -0.1) is 0 Å². The van der Waals surface area contributed by atoms with Crippen LogP contribution in [0.4, 0.5) is 0 Å². The lowest BCUT2D eigenvalue weighted by atomic mass is 10.1. The SMILES string of the molecule is COCCN(CC1CCCN1)C(=O)c1cc(C)cc(Cl)c1. The van der Waals surface area contributed by atoms with Crippen LogP contribution in [0.25, 0.3) is 0 Å². The number of carbonyl (C=O) groups is 1. The summed E-state index contributed by atoms with van der Waals surface area (Å²) in [4.78, 5) is 14.6. The van der Waals surface area contributed by atoms with Crippen LogP contribution in [0.1, 0.15) is 28.8 Å². The third-order valence-corrected chi connectivity index (χ3v) is 3.96. The van der Waals surface area contributed by atoms with E-state index >= 15 is 0 Å². The number of carbonyl (C=O) groups excluding carboxylic acids is 1. The van der Waals surface area contributed by atoms with Crippen molar-refractivity contribution in [3.63, 3.8) is 0 Å². The maximum atomic E-state index is 12.7. The third kappa shape index (κ3) is 4.70. The van der Waals surface area contributed by atoms with Crippen LogP contribution in [-0.2, 0) is 4.74 Å². The van der Waals surface area contributed by atoms with Gasteiger partial charge < -0.3 is 15.0 Å². The van der Waals surface area contributed by atoms with Crippen molar-refractivity contribution in [3.05, 3.63) is 34.3 Å². The van der Waals surface area contributed by atoms with Gasteiger partial charge in [0.05, 0.1) is 6.61 Å². The lowest BCUT2D eigenvalue weighted by Gasteiger charge is -2.26. The topological polar surface area (TPSA) is 41.6 Å². The molecule has 0 spiro atoms. The fourth-order valence-corrected chi connectivity index (χ4v) is 2.99. The first kappa shape index (κ1) is 16.3. The van der Waals surface area contributed by atoms with Crippen LogP contribution in [0, 0.1) is 6.92 Å². The number of hydrogen-bond acceptors (Lipinski definition) is 3. The molecule has 1 saturated heterocycles. The average Bonchev–Trinajstić information content (AvgIpc) is 2.94. The average molecular weight is 311 g/mol. The fourth-order valence-electron chi connectivity index (χ4n) is 2.70. The number of nitrogens with one attached hydrogen (secondary N) is 1. The molecule has 21 heavy (non-hydrogen) atoms. The number of rotatable bonds is 6. The number of halogens is 1. The molecule has 1 N–H and O–H groups in total. The summed E-state index contributed by atoms with van der Waals surface area (Å²) in [6.45, 7) is 4.83. The minimum Gasteiger partial charge on any atom is -0.383 e. The van der Waals surface area contributed by atoms with E-state index < -0.39 is 0 Å². The highest BCUT2D eigenvalue weighted by Crippen LogP contribution is 2.17. The van der Waals surface area contributed by atoms with Crippen LogP contribution >= 0.6 is 11.6 Å². The zero-order valence-electron chi connectivity index (χ0n) is 12.7. The lowest BCUT2D eigenvalue weighted by Crippen LogP contribution is -2.42. The maximum absolute atomic E-state index is 12.7. The van der Waals surface area contributed by atoms with Gasteiger partial charge in [-0.25, -0.2) is 0 Å². The maximum Gasteiger partial charge on any atom is 0.254 e. The molecule has 1 unspecified atom stereocenters. The van der Waals surface area contributed by atoms with Crippen molar-refractivity contribution < 1.29 is 9.53 Å². The van der Waals surface area contributed by atoms with Crippen molar-refractivity contribution in [2.45, 2.75) is 25.8 Å². The van der Waals surface area contributed by atoms with E-state index in [4.69, 9.17) is 16.3 Å². The van der Waals surface area contributed by atoms with Gasteiger partial charge >= 0.3 is 0 Å². The highest BCUT2D eigenvalue weighted by atomic mass is 35.5. The Hall–Kier alpha value is -1.10. The number of nitrogens with zero attached hydrogens (tertiary/aromatic N) is 1. The second-order valence-electron chi connectivity index (χ2n) is 5.55. The zero-order chi connectivity index (χ0) is 15.2. The highest BCUT2D eigenvalue weighted by molar-refractivity contribution is 6.31. The third-order valence-electron chi connectivity index (χ3n) is 3.74. The minimum atomic E-state index is 0.0198. The van der Waals surface area contributed by atoms with Gasteiger partial charge in [0.1, 0.15) is 0 Å². The number of benzene rings is 1. The van der Waals surface area contributed by atoms with Crippen molar-refractivity contribution in [2.75, 3.05) is 33.4 Å². The number of methoxy groups -OCH3 is 1. The van der Waals surface area contributed by atoms with Gasteiger partial charge in [0.15, 0.2) is 0 Å². The standard InChI is InChI=1S/C16H23ClN2O2/c1-12-8-13(10-14(17)9-12)16(20)19(6-7-21-2)11-15-4-3-5-18-15/h8-10,15,18H,3-7,11H2,1-2H3. The number of aryl methyl sites for hydroxylation is 1. The first-order chi connectivity index (χ1) is 10.1. The molecule has 0 radical (unpaired) electrons. The van der Waals surface area contributed by atoms with Gasteiger partial charge in [0.25, 0.3) is 5.91 Å². The fraction of sp³-hybridized carbons (Fsp3) is 0.562. The van der Waals surface area contributed by atoms with Crippen molar-refractivity contribution in [1.82, 2.24) is 10.2 Å². The van der Waals surface area contributed by atoms with Gasteiger partial charge in [0, 0.05) is 36.8 Å². The van der Waals surface area contributed by atoms with E-state index in [-0.39, 0.29) is 5.91 Å². The molecule has 1 fully saturated rings. The van der Waals surface area contributed by atoms with Crippen LogP contribution in [0.3, 0.4) is 0 Å². The molecular weight excluding hydrogens is 288 g/mol. The monoisotopic (exact) mass is 310 g/mol. The molecule has 1 aromatic carbocycles. The molecule has 1 atom stereocenters. The van der Waals surface area contributed by atoms with E-state index in [1.165, 1.54) is 6.42 Å². The smallest absolute Gasteiger partial charge is 0.254 e. The molecule has 5 heteroatoms.